The predicted octanol–water partition coefficient (Wildman–Crippen LogP) is 1.63. The van der Waals surface area contributed by atoms with Gasteiger partial charge in [-0.25, -0.2) is 0 Å². The molecule has 0 radical (unpaired) electrons. The summed E-state index contributed by atoms with van der Waals surface area (Å²) < 4.78 is 33.3. The molecule has 5 heteroatoms. The second kappa shape index (κ2) is 4.49. The average molecular weight is 230 g/mol. The molecule has 0 amide bonds. The molecule has 1 aromatic rings. The zero-order chi connectivity index (χ0) is 10.6. The minimum Gasteiger partial charge on any atom is -0.189 e. The Morgan fingerprint density at radius 1 is 1.29 bits per heavy atom. The summed E-state index contributed by atoms with van der Waals surface area (Å²) in [5.74, 6) is 5.84. The highest BCUT2D eigenvalue weighted by atomic mass is 32.3. The third-order valence-corrected chi connectivity index (χ3v) is 2.44. The van der Waals surface area contributed by atoms with Crippen molar-refractivity contribution in [3.8, 4) is 11.8 Å². The SMILES string of the molecule is O=S(=O)(F)c1ccc(C#CCS)cc1. The van der Waals surface area contributed by atoms with E-state index in [9.17, 15) is 12.3 Å². The third-order valence-electron chi connectivity index (χ3n) is 1.45. The van der Waals surface area contributed by atoms with Crippen LogP contribution in [0.2, 0.25) is 0 Å². The molecule has 0 N–H and O–H groups in total. The van der Waals surface area contributed by atoms with Gasteiger partial charge in [0.2, 0.25) is 0 Å². The molecule has 0 fully saturated rings. The lowest BCUT2D eigenvalue weighted by Gasteiger charge is -1.93. The fourth-order valence-corrected chi connectivity index (χ4v) is 1.38. The van der Waals surface area contributed by atoms with Crippen molar-refractivity contribution in [3.63, 3.8) is 0 Å². The summed E-state index contributed by atoms with van der Waals surface area (Å²) in [6.45, 7) is 0. The van der Waals surface area contributed by atoms with Crippen LogP contribution < -0.4 is 0 Å². The van der Waals surface area contributed by atoms with Gasteiger partial charge in [0.1, 0.15) is 0 Å². The van der Waals surface area contributed by atoms with Crippen LogP contribution in [0.1, 0.15) is 5.56 Å². The molecular formula is C9H7FO2S2. The number of thiol groups is 1. The van der Waals surface area contributed by atoms with Gasteiger partial charge in [-0.05, 0) is 24.3 Å². The average Bonchev–Trinajstić information content (AvgIpc) is 2.14. The highest BCUT2D eigenvalue weighted by Gasteiger charge is 2.09. The van der Waals surface area contributed by atoms with E-state index < -0.39 is 10.2 Å². The maximum absolute atomic E-state index is 12.4. The maximum Gasteiger partial charge on any atom is 0.332 e. The summed E-state index contributed by atoms with van der Waals surface area (Å²) >= 11 is 3.89. The smallest absolute Gasteiger partial charge is 0.189 e. The van der Waals surface area contributed by atoms with Gasteiger partial charge in [0, 0.05) is 5.56 Å². The van der Waals surface area contributed by atoms with Gasteiger partial charge in [-0.2, -0.15) is 21.0 Å². The zero-order valence-corrected chi connectivity index (χ0v) is 8.78. The van der Waals surface area contributed by atoms with E-state index in [1.165, 1.54) is 24.3 Å². The molecule has 0 aliphatic carbocycles. The van der Waals surface area contributed by atoms with Crippen molar-refractivity contribution in [3.05, 3.63) is 29.8 Å². The minimum absolute atomic E-state index is 0.353. The molecule has 0 aliphatic heterocycles. The van der Waals surface area contributed by atoms with Crippen molar-refractivity contribution < 1.29 is 12.3 Å². The van der Waals surface area contributed by atoms with Crippen molar-refractivity contribution in [2.75, 3.05) is 5.75 Å². The lowest BCUT2D eigenvalue weighted by molar-refractivity contribution is 0.552. The number of benzene rings is 1. The van der Waals surface area contributed by atoms with Crippen LogP contribution in [-0.4, -0.2) is 14.2 Å². The molecule has 0 bridgehead atoms. The van der Waals surface area contributed by atoms with E-state index in [-0.39, 0.29) is 4.90 Å². The Bertz CT molecular complexity index is 466. The van der Waals surface area contributed by atoms with Crippen LogP contribution >= 0.6 is 12.6 Å². The molecule has 0 saturated heterocycles. The maximum atomic E-state index is 12.4. The first kappa shape index (κ1) is 11.1. The van der Waals surface area contributed by atoms with Crippen LogP contribution in [0.25, 0.3) is 0 Å². The molecule has 1 aromatic carbocycles. The molecule has 2 nitrogen and oxygen atoms in total. The lowest BCUT2D eigenvalue weighted by Crippen LogP contribution is -1.91. The predicted molar refractivity (Wildman–Crippen MR) is 55.5 cm³/mol. The summed E-state index contributed by atoms with van der Waals surface area (Å²) in [5.41, 5.74) is 0.631. The molecule has 1 rings (SSSR count). The molecule has 0 atom stereocenters. The van der Waals surface area contributed by atoms with Crippen molar-refractivity contribution in [1.82, 2.24) is 0 Å². The number of hydrogen-bond acceptors (Lipinski definition) is 3. The summed E-state index contributed by atoms with van der Waals surface area (Å²) in [4.78, 5) is -0.353. The van der Waals surface area contributed by atoms with Crippen LogP contribution in [-0.2, 0) is 10.2 Å². The number of halogens is 1. The van der Waals surface area contributed by atoms with Crippen molar-refractivity contribution in [2.45, 2.75) is 4.90 Å². The molecule has 0 spiro atoms. The normalized spacial score (nSPS) is 10.4. The van der Waals surface area contributed by atoms with Crippen molar-refractivity contribution in [1.29, 1.82) is 0 Å². The fourth-order valence-electron chi connectivity index (χ4n) is 0.842. The number of rotatable bonds is 1. The van der Waals surface area contributed by atoms with Crippen LogP contribution in [0.15, 0.2) is 29.2 Å². The van der Waals surface area contributed by atoms with Crippen LogP contribution in [0.4, 0.5) is 3.89 Å². The molecule has 14 heavy (non-hydrogen) atoms. The van der Waals surface area contributed by atoms with E-state index >= 15 is 0 Å². The van der Waals surface area contributed by atoms with E-state index in [0.717, 1.165) is 0 Å². The second-order valence-corrected chi connectivity index (χ2v) is 4.09. The molecule has 74 valence electrons. The number of hydrogen-bond donors (Lipinski definition) is 1. The Balaban J connectivity index is 3.01. The Morgan fingerprint density at radius 2 is 1.86 bits per heavy atom. The van der Waals surface area contributed by atoms with E-state index in [2.05, 4.69) is 24.5 Å². The topological polar surface area (TPSA) is 34.1 Å². The van der Waals surface area contributed by atoms with E-state index in [1.54, 1.807) is 0 Å². The summed E-state index contributed by atoms with van der Waals surface area (Å²) in [7, 11) is -4.60. The Hall–Kier alpha value is -0.990. The first-order chi connectivity index (χ1) is 6.54. The van der Waals surface area contributed by atoms with Gasteiger partial charge >= 0.3 is 10.2 Å². The molecule has 0 unspecified atom stereocenters. The summed E-state index contributed by atoms with van der Waals surface area (Å²) in [5, 5.41) is 0. The first-order valence-corrected chi connectivity index (χ1v) is 5.70. The van der Waals surface area contributed by atoms with Crippen LogP contribution in [0, 0.1) is 11.8 Å². The third kappa shape index (κ3) is 3.05. The zero-order valence-electron chi connectivity index (χ0n) is 7.07. The van der Waals surface area contributed by atoms with E-state index in [4.69, 9.17) is 0 Å². The van der Waals surface area contributed by atoms with Gasteiger partial charge < -0.3 is 0 Å². The van der Waals surface area contributed by atoms with Gasteiger partial charge in [-0.15, -0.1) is 3.89 Å². The molecule has 0 heterocycles. The highest BCUT2D eigenvalue weighted by molar-refractivity contribution is 7.86. The van der Waals surface area contributed by atoms with E-state index in [1.807, 2.05) is 0 Å². The molecular weight excluding hydrogens is 223 g/mol. The molecule has 0 aliphatic rings. The van der Waals surface area contributed by atoms with Gasteiger partial charge in [0.25, 0.3) is 0 Å². The Labute approximate surface area is 87.8 Å². The highest BCUT2D eigenvalue weighted by Crippen LogP contribution is 2.12. The Morgan fingerprint density at radius 3 is 2.29 bits per heavy atom. The molecule has 0 saturated carbocycles. The van der Waals surface area contributed by atoms with Crippen molar-refractivity contribution >= 4 is 22.9 Å². The van der Waals surface area contributed by atoms with Crippen LogP contribution in [0.3, 0.4) is 0 Å². The second-order valence-electron chi connectivity index (χ2n) is 2.42. The van der Waals surface area contributed by atoms with E-state index in [0.29, 0.717) is 11.3 Å². The van der Waals surface area contributed by atoms with Gasteiger partial charge in [-0.1, -0.05) is 11.8 Å². The Kier molecular flexibility index (Phi) is 3.55. The van der Waals surface area contributed by atoms with Gasteiger partial charge in [-0.3, -0.25) is 0 Å². The minimum atomic E-state index is -4.60. The monoisotopic (exact) mass is 230 g/mol. The first-order valence-electron chi connectivity index (χ1n) is 3.68. The standard InChI is InChI=1S/C9H7FO2S2/c10-14(11,12)9-5-3-8(4-6-9)2-1-7-13/h3-6,13H,7H2. The quantitative estimate of drug-likeness (QED) is 0.452. The van der Waals surface area contributed by atoms with Crippen LogP contribution in [0.5, 0.6) is 0 Å². The largest absolute Gasteiger partial charge is 0.332 e. The summed E-state index contributed by atoms with van der Waals surface area (Å²) in [6.07, 6.45) is 0. The van der Waals surface area contributed by atoms with Gasteiger partial charge in [0.05, 0.1) is 10.6 Å². The fraction of sp³-hybridized carbons (Fsp3) is 0.111. The molecule has 0 aromatic heterocycles. The van der Waals surface area contributed by atoms with Gasteiger partial charge in [0.15, 0.2) is 0 Å². The lowest BCUT2D eigenvalue weighted by atomic mass is 10.2. The van der Waals surface area contributed by atoms with Crippen molar-refractivity contribution in [2.24, 2.45) is 0 Å². The summed E-state index contributed by atoms with van der Waals surface area (Å²) in [6, 6.07) is 5.25.